The Kier molecular flexibility index (Phi) is 4.98. The number of nitrogens with two attached hydrogens (primary N) is 1. The molecule has 0 aliphatic heterocycles. The van der Waals surface area contributed by atoms with Gasteiger partial charge < -0.3 is 11.1 Å². The van der Waals surface area contributed by atoms with Crippen LogP contribution in [0.2, 0.25) is 0 Å². The van der Waals surface area contributed by atoms with Crippen LogP contribution in [0.4, 0.5) is 0 Å². The van der Waals surface area contributed by atoms with Gasteiger partial charge in [0.2, 0.25) is 11.8 Å². The highest BCUT2D eigenvalue weighted by Crippen LogP contribution is 2.04. The van der Waals surface area contributed by atoms with Crippen molar-refractivity contribution in [3.63, 3.8) is 0 Å². The lowest BCUT2D eigenvalue weighted by Gasteiger charge is -2.05. The molecule has 1 rings (SSSR count). The molecule has 2 amide bonds. The molecule has 0 unspecified atom stereocenters. The summed E-state index contributed by atoms with van der Waals surface area (Å²) in [5.74, 6) is -0.491. The fourth-order valence-corrected chi connectivity index (χ4v) is 1.57. The van der Waals surface area contributed by atoms with Gasteiger partial charge in [0, 0.05) is 23.9 Å². The largest absolute Gasteiger partial charge is 0.366 e. The monoisotopic (exact) mass is 284 g/mol. The van der Waals surface area contributed by atoms with Crippen LogP contribution in [-0.4, -0.2) is 17.1 Å². The highest BCUT2D eigenvalue weighted by molar-refractivity contribution is 9.09. The zero-order valence-electron chi connectivity index (χ0n) is 8.70. The van der Waals surface area contributed by atoms with Crippen molar-refractivity contribution in [3.8, 4) is 0 Å². The van der Waals surface area contributed by atoms with Crippen molar-refractivity contribution in [1.82, 2.24) is 5.32 Å². The quantitative estimate of drug-likeness (QED) is 0.797. The lowest BCUT2D eigenvalue weighted by atomic mass is 10.1. The first kappa shape index (κ1) is 12.7. The minimum absolute atomic E-state index is 0.0265. The van der Waals surface area contributed by atoms with E-state index in [4.69, 9.17) is 5.73 Å². The molecule has 0 saturated carbocycles. The lowest BCUT2D eigenvalue weighted by molar-refractivity contribution is -0.120. The standard InChI is InChI=1S/C11H13BrN2O2/c12-5-4-10(15)14-7-8-2-1-3-9(6-8)11(13)16/h1-3,6H,4-5,7H2,(H2,13,16)(H,14,15). The molecule has 4 nitrogen and oxygen atoms in total. The summed E-state index contributed by atoms with van der Waals surface area (Å²) >= 11 is 3.18. The van der Waals surface area contributed by atoms with Crippen LogP contribution in [-0.2, 0) is 11.3 Å². The fourth-order valence-electron chi connectivity index (χ4n) is 1.21. The van der Waals surface area contributed by atoms with Gasteiger partial charge in [0.15, 0.2) is 0 Å². The Morgan fingerprint density at radius 1 is 1.38 bits per heavy atom. The van der Waals surface area contributed by atoms with Gasteiger partial charge in [0.1, 0.15) is 0 Å². The van der Waals surface area contributed by atoms with Gasteiger partial charge >= 0.3 is 0 Å². The van der Waals surface area contributed by atoms with Gasteiger partial charge in [-0.05, 0) is 17.7 Å². The maximum Gasteiger partial charge on any atom is 0.248 e. The Hall–Kier alpha value is -1.36. The average Bonchev–Trinajstić information content (AvgIpc) is 2.27. The molecule has 86 valence electrons. The molecule has 0 radical (unpaired) electrons. The number of carbonyl (C=O) groups is 2. The van der Waals surface area contributed by atoms with E-state index in [1.807, 2.05) is 6.07 Å². The van der Waals surface area contributed by atoms with E-state index in [1.165, 1.54) is 0 Å². The number of hydrogen-bond acceptors (Lipinski definition) is 2. The SMILES string of the molecule is NC(=O)c1cccc(CNC(=O)CCBr)c1. The first-order valence-electron chi connectivity index (χ1n) is 4.85. The van der Waals surface area contributed by atoms with Crippen molar-refractivity contribution >= 4 is 27.7 Å². The van der Waals surface area contributed by atoms with E-state index in [0.717, 1.165) is 5.56 Å². The molecule has 0 spiro atoms. The van der Waals surface area contributed by atoms with Crippen molar-refractivity contribution in [3.05, 3.63) is 35.4 Å². The molecule has 1 aromatic rings. The van der Waals surface area contributed by atoms with Crippen molar-refractivity contribution in [2.24, 2.45) is 5.73 Å². The molecule has 0 aliphatic carbocycles. The summed E-state index contributed by atoms with van der Waals surface area (Å²) in [6.45, 7) is 0.410. The third-order valence-electron chi connectivity index (χ3n) is 2.02. The van der Waals surface area contributed by atoms with Gasteiger partial charge in [-0.25, -0.2) is 0 Å². The molecule has 3 N–H and O–H groups in total. The maximum absolute atomic E-state index is 11.2. The summed E-state index contributed by atoms with van der Waals surface area (Å²) in [4.78, 5) is 22.1. The first-order valence-corrected chi connectivity index (χ1v) is 5.97. The number of halogens is 1. The van der Waals surface area contributed by atoms with Crippen LogP contribution in [0.3, 0.4) is 0 Å². The van der Waals surface area contributed by atoms with Gasteiger partial charge in [-0.1, -0.05) is 28.1 Å². The van der Waals surface area contributed by atoms with E-state index >= 15 is 0 Å². The second-order valence-corrected chi connectivity index (χ2v) is 4.07. The topological polar surface area (TPSA) is 72.2 Å². The summed E-state index contributed by atoms with van der Waals surface area (Å²) in [5.41, 5.74) is 6.47. The van der Waals surface area contributed by atoms with E-state index in [1.54, 1.807) is 18.2 Å². The summed E-state index contributed by atoms with van der Waals surface area (Å²) in [6.07, 6.45) is 0.440. The predicted molar refractivity (Wildman–Crippen MR) is 65.2 cm³/mol. The van der Waals surface area contributed by atoms with Crippen LogP contribution < -0.4 is 11.1 Å². The molecule has 0 atom stereocenters. The summed E-state index contributed by atoms with van der Waals surface area (Å²) < 4.78 is 0. The molecule has 0 heterocycles. The number of alkyl halides is 1. The minimum atomic E-state index is -0.464. The maximum atomic E-state index is 11.2. The van der Waals surface area contributed by atoms with Gasteiger partial charge in [0.25, 0.3) is 0 Å². The van der Waals surface area contributed by atoms with Crippen molar-refractivity contribution in [2.75, 3.05) is 5.33 Å². The van der Waals surface area contributed by atoms with Crippen LogP contribution in [0, 0.1) is 0 Å². The van der Waals surface area contributed by atoms with Crippen LogP contribution in [0.5, 0.6) is 0 Å². The van der Waals surface area contributed by atoms with Gasteiger partial charge in [-0.15, -0.1) is 0 Å². The number of carbonyl (C=O) groups excluding carboxylic acids is 2. The molecule has 5 heteroatoms. The minimum Gasteiger partial charge on any atom is -0.366 e. The third-order valence-corrected chi connectivity index (χ3v) is 2.42. The smallest absolute Gasteiger partial charge is 0.248 e. The van der Waals surface area contributed by atoms with Crippen LogP contribution >= 0.6 is 15.9 Å². The highest BCUT2D eigenvalue weighted by atomic mass is 79.9. The number of primary amides is 1. The second-order valence-electron chi connectivity index (χ2n) is 3.28. The Labute approximate surface area is 102 Å². The fraction of sp³-hybridized carbons (Fsp3) is 0.273. The predicted octanol–water partition coefficient (Wildman–Crippen LogP) is 1.19. The molecule has 0 saturated heterocycles. The van der Waals surface area contributed by atoms with Gasteiger partial charge in [-0.2, -0.15) is 0 Å². The molecule has 1 aromatic carbocycles. The number of rotatable bonds is 5. The zero-order chi connectivity index (χ0) is 12.0. The van der Waals surface area contributed by atoms with E-state index in [0.29, 0.717) is 23.9 Å². The zero-order valence-corrected chi connectivity index (χ0v) is 10.3. The van der Waals surface area contributed by atoms with E-state index in [-0.39, 0.29) is 5.91 Å². The lowest BCUT2D eigenvalue weighted by Crippen LogP contribution is -2.23. The summed E-state index contributed by atoms with van der Waals surface area (Å²) in [7, 11) is 0. The van der Waals surface area contributed by atoms with E-state index < -0.39 is 5.91 Å². The number of amides is 2. The Bertz CT molecular complexity index is 393. The molecule has 0 aliphatic rings. The Balaban J connectivity index is 2.57. The normalized spacial score (nSPS) is 9.81. The first-order chi connectivity index (χ1) is 7.63. The van der Waals surface area contributed by atoms with Gasteiger partial charge in [-0.3, -0.25) is 9.59 Å². The molecule has 16 heavy (non-hydrogen) atoms. The number of nitrogens with one attached hydrogen (secondary N) is 1. The van der Waals surface area contributed by atoms with Crippen molar-refractivity contribution in [1.29, 1.82) is 0 Å². The van der Waals surface area contributed by atoms with Crippen LogP contribution in [0.1, 0.15) is 22.3 Å². The number of benzene rings is 1. The highest BCUT2D eigenvalue weighted by Gasteiger charge is 2.03. The van der Waals surface area contributed by atoms with E-state index in [2.05, 4.69) is 21.2 Å². The van der Waals surface area contributed by atoms with Crippen molar-refractivity contribution < 1.29 is 9.59 Å². The summed E-state index contributed by atoms with van der Waals surface area (Å²) in [6, 6.07) is 6.90. The van der Waals surface area contributed by atoms with Crippen LogP contribution in [0.25, 0.3) is 0 Å². The summed E-state index contributed by atoms with van der Waals surface area (Å²) in [5, 5.41) is 3.38. The Morgan fingerprint density at radius 2 is 2.12 bits per heavy atom. The van der Waals surface area contributed by atoms with Crippen molar-refractivity contribution in [2.45, 2.75) is 13.0 Å². The van der Waals surface area contributed by atoms with E-state index in [9.17, 15) is 9.59 Å². The van der Waals surface area contributed by atoms with Gasteiger partial charge in [0.05, 0.1) is 0 Å². The Morgan fingerprint density at radius 3 is 2.75 bits per heavy atom. The average molecular weight is 285 g/mol. The molecule has 0 aromatic heterocycles. The number of hydrogen-bond donors (Lipinski definition) is 2. The molecular weight excluding hydrogens is 272 g/mol. The molecule has 0 bridgehead atoms. The second kappa shape index (κ2) is 6.27. The third kappa shape index (κ3) is 4.02. The van der Waals surface area contributed by atoms with Crippen LogP contribution in [0.15, 0.2) is 24.3 Å². The molecule has 0 fully saturated rings. The molecular formula is C11H13BrN2O2.